The van der Waals surface area contributed by atoms with Crippen LogP contribution in [0.25, 0.3) is 0 Å². The van der Waals surface area contributed by atoms with Crippen molar-refractivity contribution >= 4 is 17.6 Å². The topological polar surface area (TPSA) is 149 Å². The number of aromatic carboxylic acids is 2. The molecule has 0 amide bonds. The van der Waals surface area contributed by atoms with Crippen molar-refractivity contribution in [2.75, 3.05) is 0 Å². The van der Waals surface area contributed by atoms with Crippen molar-refractivity contribution in [1.29, 1.82) is 0 Å². The second-order valence-electron chi connectivity index (χ2n) is 2.60. The molecule has 0 saturated carbocycles. The van der Waals surface area contributed by atoms with E-state index < -0.39 is 33.7 Å². The Bertz CT molecular complexity index is 454. The van der Waals surface area contributed by atoms with E-state index in [0.717, 1.165) is 12.1 Å². The molecule has 0 aliphatic heterocycles. The fourth-order valence-electron chi connectivity index (χ4n) is 1.01. The van der Waals surface area contributed by atoms with Gasteiger partial charge in [0.2, 0.25) is 0 Å². The van der Waals surface area contributed by atoms with Crippen LogP contribution in [0.2, 0.25) is 0 Å². The number of rotatable bonds is 3. The highest BCUT2D eigenvalue weighted by Gasteiger charge is 2.19. The predicted molar refractivity (Wildman–Crippen MR) is 50.6 cm³/mol. The van der Waals surface area contributed by atoms with Gasteiger partial charge in [0.25, 0.3) is 5.69 Å². The number of carbonyl (C=O) groups is 2. The quantitative estimate of drug-likeness (QED) is 0.556. The van der Waals surface area contributed by atoms with Crippen molar-refractivity contribution in [3.8, 4) is 0 Å². The lowest BCUT2D eigenvalue weighted by Crippen LogP contribution is -2.08. The van der Waals surface area contributed by atoms with E-state index in [9.17, 15) is 19.7 Å². The fourth-order valence-corrected chi connectivity index (χ4v) is 1.01. The summed E-state index contributed by atoms with van der Waals surface area (Å²) < 4.78 is 0. The number of carboxylic acids is 2. The molecule has 0 unspecified atom stereocenters. The third kappa shape index (κ3) is 2.51. The van der Waals surface area contributed by atoms with Crippen molar-refractivity contribution < 1.29 is 30.2 Å². The maximum absolute atomic E-state index is 10.6. The average molecular weight is 229 g/mol. The zero-order chi connectivity index (χ0) is 11.6. The van der Waals surface area contributed by atoms with Crippen LogP contribution in [0, 0.1) is 10.1 Å². The van der Waals surface area contributed by atoms with Crippen LogP contribution in [0.5, 0.6) is 0 Å². The third-order valence-electron chi connectivity index (χ3n) is 1.67. The highest BCUT2D eigenvalue weighted by molar-refractivity contribution is 6.02. The molecular formula is C8H7NO7. The minimum Gasteiger partial charge on any atom is -0.478 e. The minimum absolute atomic E-state index is 0. The lowest BCUT2D eigenvalue weighted by molar-refractivity contribution is -0.384. The molecule has 1 aromatic carbocycles. The Morgan fingerprint density at radius 1 is 1.12 bits per heavy atom. The van der Waals surface area contributed by atoms with Gasteiger partial charge in [0.05, 0.1) is 16.1 Å². The van der Waals surface area contributed by atoms with E-state index in [4.69, 9.17) is 10.2 Å². The SMILES string of the molecule is O.O=C(O)c1ccc([N+](=O)[O-])cc1C(=O)O. The van der Waals surface area contributed by atoms with Gasteiger partial charge in [-0.25, -0.2) is 9.59 Å². The Morgan fingerprint density at radius 2 is 1.62 bits per heavy atom. The van der Waals surface area contributed by atoms with Crippen LogP contribution in [0.1, 0.15) is 20.7 Å². The van der Waals surface area contributed by atoms with Gasteiger partial charge >= 0.3 is 11.9 Å². The van der Waals surface area contributed by atoms with Crippen LogP contribution in [0.3, 0.4) is 0 Å². The lowest BCUT2D eigenvalue weighted by Gasteiger charge is -2.00. The van der Waals surface area contributed by atoms with Gasteiger partial charge < -0.3 is 15.7 Å². The molecular weight excluding hydrogens is 222 g/mol. The second-order valence-corrected chi connectivity index (χ2v) is 2.60. The summed E-state index contributed by atoms with van der Waals surface area (Å²) in [6, 6.07) is 2.55. The van der Waals surface area contributed by atoms with Gasteiger partial charge in [0.15, 0.2) is 0 Å². The van der Waals surface area contributed by atoms with Gasteiger partial charge in [0, 0.05) is 12.1 Å². The first-order chi connectivity index (χ1) is 6.93. The summed E-state index contributed by atoms with van der Waals surface area (Å²) >= 11 is 0. The average Bonchev–Trinajstić information content (AvgIpc) is 2.16. The van der Waals surface area contributed by atoms with Crippen LogP contribution < -0.4 is 0 Å². The number of hydrogen-bond donors (Lipinski definition) is 2. The number of nitro benzene ring substituents is 1. The highest BCUT2D eigenvalue weighted by Crippen LogP contribution is 2.17. The molecule has 0 aromatic heterocycles. The largest absolute Gasteiger partial charge is 0.478 e. The minimum atomic E-state index is -1.52. The first-order valence-corrected chi connectivity index (χ1v) is 3.68. The molecule has 4 N–H and O–H groups in total. The van der Waals surface area contributed by atoms with E-state index in [1.807, 2.05) is 0 Å². The van der Waals surface area contributed by atoms with Crippen LogP contribution in [-0.4, -0.2) is 32.6 Å². The van der Waals surface area contributed by atoms with Crippen LogP contribution in [0.15, 0.2) is 18.2 Å². The molecule has 0 aliphatic carbocycles. The van der Waals surface area contributed by atoms with Crippen molar-refractivity contribution in [2.45, 2.75) is 0 Å². The van der Waals surface area contributed by atoms with Crippen LogP contribution >= 0.6 is 0 Å². The van der Waals surface area contributed by atoms with Crippen molar-refractivity contribution in [1.82, 2.24) is 0 Å². The number of nitro groups is 1. The molecule has 0 radical (unpaired) electrons. The zero-order valence-electron chi connectivity index (χ0n) is 7.71. The molecule has 86 valence electrons. The Hall–Kier alpha value is -2.48. The van der Waals surface area contributed by atoms with Gasteiger partial charge in [-0.3, -0.25) is 10.1 Å². The molecule has 0 atom stereocenters. The lowest BCUT2D eigenvalue weighted by atomic mass is 10.1. The molecule has 8 nitrogen and oxygen atoms in total. The van der Waals surface area contributed by atoms with Gasteiger partial charge in [0.1, 0.15) is 0 Å². The maximum atomic E-state index is 10.6. The van der Waals surface area contributed by atoms with E-state index in [-0.39, 0.29) is 5.48 Å². The van der Waals surface area contributed by atoms with Crippen LogP contribution in [0.4, 0.5) is 5.69 Å². The summed E-state index contributed by atoms with van der Waals surface area (Å²) in [5.74, 6) is -2.96. The molecule has 0 bridgehead atoms. The van der Waals surface area contributed by atoms with E-state index in [1.165, 1.54) is 0 Å². The molecule has 16 heavy (non-hydrogen) atoms. The molecule has 0 aliphatic rings. The molecule has 0 fully saturated rings. The standard InChI is InChI=1S/C8H5NO6.H2O/c10-7(11)5-2-1-4(9(14)15)3-6(5)8(12)13;/h1-3H,(H,10,11)(H,12,13);1H2. The first-order valence-electron chi connectivity index (χ1n) is 3.68. The summed E-state index contributed by atoms with van der Waals surface area (Å²) in [5.41, 5.74) is -1.54. The number of carboxylic acid groups (broad SMARTS) is 2. The normalized spacial score (nSPS) is 9.00. The predicted octanol–water partition coefficient (Wildman–Crippen LogP) is 0.167. The summed E-state index contributed by atoms with van der Waals surface area (Å²) in [5, 5.41) is 27.6. The van der Waals surface area contributed by atoms with Gasteiger partial charge in [-0.15, -0.1) is 0 Å². The monoisotopic (exact) mass is 229 g/mol. The number of hydrogen-bond acceptors (Lipinski definition) is 4. The number of benzene rings is 1. The zero-order valence-corrected chi connectivity index (χ0v) is 7.71. The van der Waals surface area contributed by atoms with Gasteiger partial charge in [-0.1, -0.05) is 0 Å². The van der Waals surface area contributed by atoms with E-state index >= 15 is 0 Å². The molecule has 1 rings (SSSR count). The van der Waals surface area contributed by atoms with E-state index in [0.29, 0.717) is 6.07 Å². The van der Waals surface area contributed by atoms with Crippen LogP contribution in [-0.2, 0) is 0 Å². The Balaban J connectivity index is 0.00000225. The summed E-state index contributed by atoms with van der Waals surface area (Å²) in [7, 11) is 0. The smallest absolute Gasteiger partial charge is 0.336 e. The maximum Gasteiger partial charge on any atom is 0.336 e. The molecule has 0 spiro atoms. The molecule has 8 heteroatoms. The number of non-ortho nitro benzene ring substituents is 1. The van der Waals surface area contributed by atoms with Crippen molar-refractivity contribution in [3.05, 3.63) is 39.4 Å². The molecule has 0 saturated heterocycles. The Morgan fingerprint density at radius 3 is 2.00 bits per heavy atom. The summed E-state index contributed by atoms with van der Waals surface area (Å²) in [6.45, 7) is 0. The Kier molecular flexibility index (Phi) is 4.09. The first kappa shape index (κ1) is 13.5. The molecule has 0 heterocycles. The Labute approximate surface area is 88.2 Å². The summed E-state index contributed by atoms with van der Waals surface area (Å²) in [4.78, 5) is 30.7. The molecule has 1 aromatic rings. The van der Waals surface area contributed by atoms with Crippen molar-refractivity contribution in [2.24, 2.45) is 0 Å². The number of nitrogens with zero attached hydrogens (tertiary/aromatic N) is 1. The summed E-state index contributed by atoms with van der Waals surface area (Å²) in [6.07, 6.45) is 0. The highest BCUT2D eigenvalue weighted by atomic mass is 16.6. The van der Waals surface area contributed by atoms with Gasteiger partial charge in [-0.05, 0) is 6.07 Å². The second kappa shape index (κ2) is 4.84. The van der Waals surface area contributed by atoms with Gasteiger partial charge in [-0.2, -0.15) is 0 Å². The van der Waals surface area contributed by atoms with E-state index in [2.05, 4.69) is 0 Å². The fraction of sp³-hybridized carbons (Fsp3) is 0. The third-order valence-corrected chi connectivity index (χ3v) is 1.67. The van der Waals surface area contributed by atoms with E-state index in [1.54, 1.807) is 0 Å². The van der Waals surface area contributed by atoms with Crippen molar-refractivity contribution in [3.63, 3.8) is 0 Å².